The number of hydrogen-bond donors (Lipinski definition) is 1. The van der Waals surface area contributed by atoms with Crippen molar-refractivity contribution in [2.24, 2.45) is 0 Å². The Morgan fingerprint density at radius 1 is 1.25 bits per heavy atom. The van der Waals surface area contributed by atoms with Gasteiger partial charge < -0.3 is 10.6 Å². The predicted molar refractivity (Wildman–Crippen MR) is 124 cm³/mol. The monoisotopic (exact) mass is 477 g/mol. The number of aromatic nitrogens is 4. The number of nitrogen functional groups attached to an aromatic ring is 1. The van der Waals surface area contributed by atoms with E-state index in [0.29, 0.717) is 41.4 Å². The highest BCUT2D eigenvalue weighted by atomic mass is 35.5. The van der Waals surface area contributed by atoms with Gasteiger partial charge in [-0.3, -0.25) is 9.13 Å². The second kappa shape index (κ2) is 8.66. The Balaban J connectivity index is 1.74. The minimum atomic E-state index is -3.59. The van der Waals surface area contributed by atoms with Crippen LogP contribution < -0.4 is 11.4 Å². The topological polar surface area (TPSA) is 119 Å². The lowest BCUT2D eigenvalue weighted by molar-refractivity contribution is 0.451. The fourth-order valence-electron chi connectivity index (χ4n) is 3.84. The lowest BCUT2D eigenvalue weighted by atomic mass is 10.2. The number of nitrogens with two attached hydrogens (primary N) is 1. The standard InChI is InChI=1S/C20H24ClN7O3S/c1-25(2)9-3-11-32(30,31)26-10-8-16(12-26)28-19-17(18(22)23-13-24-19)27(20(28)29)15-6-4-14(21)5-7-15/h3-7,11,13,16H,8-10,12H2,1-2H3,(H2,22,23,24). The van der Waals surface area contributed by atoms with Gasteiger partial charge in [0.15, 0.2) is 11.5 Å². The third-order valence-corrected chi connectivity index (χ3v) is 7.19. The highest BCUT2D eigenvalue weighted by molar-refractivity contribution is 7.92. The second-order valence-corrected chi connectivity index (χ2v) is 10.1. The lowest BCUT2D eigenvalue weighted by Crippen LogP contribution is -2.31. The molecule has 4 rings (SSSR count). The predicted octanol–water partition coefficient (Wildman–Crippen LogP) is 1.47. The maximum atomic E-state index is 13.5. The van der Waals surface area contributed by atoms with E-state index >= 15 is 0 Å². The molecule has 1 aromatic carbocycles. The van der Waals surface area contributed by atoms with Crippen molar-refractivity contribution in [3.05, 3.63) is 57.6 Å². The molecule has 1 saturated heterocycles. The maximum Gasteiger partial charge on any atom is 0.335 e. The van der Waals surface area contributed by atoms with Gasteiger partial charge in [0, 0.05) is 30.1 Å². The molecule has 0 radical (unpaired) electrons. The van der Waals surface area contributed by atoms with Gasteiger partial charge in [-0.1, -0.05) is 17.7 Å². The molecular formula is C20H24ClN7O3S. The number of sulfonamides is 1. The third kappa shape index (κ3) is 4.16. The average molecular weight is 478 g/mol. The molecule has 0 saturated carbocycles. The van der Waals surface area contributed by atoms with Crippen molar-refractivity contribution in [3.8, 4) is 5.69 Å². The fraction of sp³-hybridized carbons (Fsp3) is 0.350. The van der Waals surface area contributed by atoms with Crippen molar-refractivity contribution in [2.75, 3.05) is 39.5 Å². The van der Waals surface area contributed by atoms with Crippen molar-refractivity contribution >= 4 is 38.6 Å². The molecule has 0 spiro atoms. The van der Waals surface area contributed by atoms with Crippen LogP contribution in [-0.2, 0) is 10.0 Å². The molecule has 0 amide bonds. The van der Waals surface area contributed by atoms with Gasteiger partial charge in [0.2, 0.25) is 10.0 Å². The number of likely N-dealkylation sites (N-methyl/N-ethyl adjacent to an activating group) is 1. The van der Waals surface area contributed by atoms with Crippen molar-refractivity contribution in [1.82, 2.24) is 28.3 Å². The Labute approximate surface area is 190 Å². The van der Waals surface area contributed by atoms with Crippen LogP contribution in [0.25, 0.3) is 16.9 Å². The van der Waals surface area contributed by atoms with Crippen LogP contribution in [0.15, 0.2) is 46.9 Å². The first-order valence-corrected chi connectivity index (χ1v) is 11.9. The van der Waals surface area contributed by atoms with Gasteiger partial charge in [-0.15, -0.1) is 0 Å². The average Bonchev–Trinajstić information content (AvgIpc) is 3.32. The lowest BCUT2D eigenvalue weighted by Gasteiger charge is -2.15. The molecule has 32 heavy (non-hydrogen) atoms. The highest BCUT2D eigenvalue weighted by Crippen LogP contribution is 2.29. The summed E-state index contributed by atoms with van der Waals surface area (Å²) in [6, 6.07) is 6.39. The molecule has 0 aliphatic carbocycles. The number of rotatable bonds is 6. The van der Waals surface area contributed by atoms with E-state index in [4.69, 9.17) is 17.3 Å². The molecule has 0 bridgehead atoms. The van der Waals surface area contributed by atoms with Crippen LogP contribution >= 0.6 is 11.6 Å². The SMILES string of the molecule is CN(C)CC=CS(=O)(=O)N1CCC(n2c(=O)n(-c3ccc(Cl)cc3)c3c(N)ncnc32)C1. The second-order valence-electron chi connectivity index (χ2n) is 7.88. The summed E-state index contributed by atoms with van der Waals surface area (Å²) in [7, 11) is 0.132. The Morgan fingerprint density at radius 2 is 1.97 bits per heavy atom. The van der Waals surface area contributed by atoms with E-state index in [1.54, 1.807) is 30.3 Å². The molecule has 10 nitrogen and oxygen atoms in total. The van der Waals surface area contributed by atoms with Gasteiger partial charge >= 0.3 is 5.69 Å². The Kier molecular flexibility index (Phi) is 6.08. The van der Waals surface area contributed by atoms with E-state index in [2.05, 4.69) is 9.97 Å². The summed E-state index contributed by atoms with van der Waals surface area (Å²) in [6.45, 7) is 0.985. The molecule has 1 aliphatic rings. The zero-order valence-electron chi connectivity index (χ0n) is 17.7. The maximum absolute atomic E-state index is 13.5. The quantitative estimate of drug-likeness (QED) is 0.570. The van der Waals surface area contributed by atoms with Crippen molar-refractivity contribution in [3.63, 3.8) is 0 Å². The van der Waals surface area contributed by atoms with Crippen LogP contribution in [0, 0.1) is 0 Å². The van der Waals surface area contributed by atoms with Crippen molar-refractivity contribution < 1.29 is 8.42 Å². The van der Waals surface area contributed by atoms with E-state index < -0.39 is 10.0 Å². The van der Waals surface area contributed by atoms with E-state index in [1.165, 1.54) is 25.2 Å². The van der Waals surface area contributed by atoms with Gasteiger partial charge in [-0.05, 0) is 44.8 Å². The molecule has 1 fully saturated rings. The number of nitrogens with zero attached hydrogens (tertiary/aromatic N) is 6. The number of halogens is 1. The van der Waals surface area contributed by atoms with Crippen LogP contribution in [0.5, 0.6) is 0 Å². The van der Waals surface area contributed by atoms with Gasteiger partial charge in [0.1, 0.15) is 11.8 Å². The van der Waals surface area contributed by atoms with Gasteiger partial charge in [0.05, 0.1) is 11.7 Å². The van der Waals surface area contributed by atoms with E-state index in [9.17, 15) is 13.2 Å². The number of fused-ring (bicyclic) bond motifs is 1. The first-order chi connectivity index (χ1) is 15.2. The summed E-state index contributed by atoms with van der Waals surface area (Å²) in [5.74, 6) is 0.162. The van der Waals surface area contributed by atoms with E-state index in [1.807, 2.05) is 19.0 Å². The van der Waals surface area contributed by atoms with Gasteiger partial charge in [-0.25, -0.2) is 23.2 Å². The molecule has 2 aromatic heterocycles. The largest absolute Gasteiger partial charge is 0.382 e. The zero-order valence-corrected chi connectivity index (χ0v) is 19.3. The molecule has 2 N–H and O–H groups in total. The molecule has 3 aromatic rings. The molecule has 170 valence electrons. The summed E-state index contributed by atoms with van der Waals surface area (Å²) in [5.41, 5.74) is 7.07. The molecule has 3 heterocycles. The first kappa shape index (κ1) is 22.5. The van der Waals surface area contributed by atoms with Crippen molar-refractivity contribution in [1.29, 1.82) is 0 Å². The molecule has 1 atom stereocenters. The highest BCUT2D eigenvalue weighted by Gasteiger charge is 2.34. The molecular weight excluding hydrogens is 454 g/mol. The molecule has 12 heteroatoms. The Morgan fingerprint density at radius 3 is 2.66 bits per heavy atom. The van der Waals surface area contributed by atoms with Crippen LogP contribution in [-0.4, -0.2) is 70.5 Å². The summed E-state index contributed by atoms with van der Waals surface area (Å²) in [4.78, 5) is 23.7. The zero-order chi connectivity index (χ0) is 23.0. The first-order valence-electron chi connectivity index (χ1n) is 10.00. The van der Waals surface area contributed by atoms with E-state index in [-0.39, 0.29) is 24.1 Å². The molecule has 1 unspecified atom stereocenters. The minimum Gasteiger partial charge on any atom is -0.382 e. The number of benzene rings is 1. The summed E-state index contributed by atoms with van der Waals surface area (Å²) < 4.78 is 29.8. The van der Waals surface area contributed by atoms with Crippen LogP contribution in [0.3, 0.4) is 0 Å². The van der Waals surface area contributed by atoms with Gasteiger partial charge in [-0.2, -0.15) is 4.31 Å². The summed E-state index contributed by atoms with van der Waals surface area (Å²) in [5, 5.41) is 1.75. The minimum absolute atomic E-state index is 0.162. The van der Waals surface area contributed by atoms with Crippen LogP contribution in [0.2, 0.25) is 5.02 Å². The Bertz CT molecular complexity index is 1330. The normalized spacial score (nSPS) is 17.8. The number of imidazole rings is 1. The fourth-order valence-corrected chi connectivity index (χ4v) is 5.21. The molecule has 1 aliphatic heterocycles. The van der Waals surface area contributed by atoms with Crippen LogP contribution in [0.4, 0.5) is 5.82 Å². The van der Waals surface area contributed by atoms with Crippen molar-refractivity contribution in [2.45, 2.75) is 12.5 Å². The third-order valence-electron chi connectivity index (χ3n) is 5.36. The summed E-state index contributed by atoms with van der Waals surface area (Å²) in [6.07, 6.45) is 3.38. The van der Waals surface area contributed by atoms with Gasteiger partial charge in [0.25, 0.3) is 0 Å². The Hall–Kier alpha value is -2.73. The smallest absolute Gasteiger partial charge is 0.335 e. The van der Waals surface area contributed by atoms with Crippen LogP contribution in [0.1, 0.15) is 12.5 Å². The summed E-state index contributed by atoms with van der Waals surface area (Å²) >= 11 is 6.00. The number of hydrogen-bond acceptors (Lipinski definition) is 7. The number of anilines is 1. The van der Waals surface area contributed by atoms with E-state index in [0.717, 1.165) is 0 Å².